The molecule has 2 atom stereocenters. The molecular weight excluding hydrogens is 176 g/mol. The fraction of sp³-hybridized carbons (Fsp3) is 1.00. The molecule has 0 aromatic carbocycles. The van der Waals surface area contributed by atoms with Crippen molar-refractivity contribution in [3.05, 3.63) is 0 Å². The Hall–Kier alpha value is -0.130. The largest absolute Gasteiger partial charge is 0.314 e. The van der Waals surface area contributed by atoms with Crippen molar-refractivity contribution in [2.24, 2.45) is 0 Å². The van der Waals surface area contributed by atoms with Gasteiger partial charge >= 0.3 is 0 Å². The molecule has 1 aliphatic heterocycles. The second-order valence-corrected chi connectivity index (χ2v) is 5.25. The minimum atomic E-state index is -3.03. The van der Waals surface area contributed by atoms with Crippen LogP contribution in [0.5, 0.6) is 0 Å². The SMILES string of the molecule is CC(CC1CCN1)NS(C)(=O)=O. The maximum atomic E-state index is 10.8. The van der Waals surface area contributed by atoms with E-state index >= 15 is 0 Å². The van der Waals surface area contributed by atoms with Gasteiger partial charge in [-0.15, -0.1) is 0 Å². The quantitative estimate of drug-likeness (QED) is 0.641. The molecule has 0 aromatic heterocycles. The van der Waals surface area contributed by atoms with Gasteiger partial charge in [0, 0.05) is 12.1 Å². The van der Waals surface area contributed by atoms with Crippen LogP contribution in [0.3, 0.4) is 0 Å². The van der Waals surface area contributed by atoms with E-state index in [2.05, 4.69) is 10.0 Å². The molecule has 0 spiro atoms. The molecule has 0 radical (unpaired) electrons. The third kappa shape index (κ3) is 3.51. The summed E-state index contributed by atoms with van der Waals surface area (Å²) in [5.74, 6) is 0. The van der Waals surface area contributed by atoms with E-state index in [-0.39, 0.29) is 6.04 Å². The number of rotatable bonds is 4. The molecule has 1 heterocycles. The standard InChI is InChI=1S/C7H16N2O2S/c1-6(9-12(2,10)11)5-7-3-4-8-7/h6-9H,3-5H2,1-2H3. The van der Waals surface area contributed by atoms with Crippen LogP contribution in [0.4, 0.5) is 0 Å². The van der Waals surface area contributed by atoms with Gasteiger partial charge in [-0.2, -0.15) is 0 Å². The van der Waals surface area contributed by atoms with Crippen LogP contribution in [0.2, 0.25) is 0 Å². The van der Waals surface area contributed by atoms with E-state index in [9.17, 15) is 8.42 Å². The Balaban J connectivity index is 2.23. The first-order valence-electron chi connectivity index (χ1n) is 4.18. The molecule has 72 valence electrons. The van der Waals surface area contributed by atoms with Crippen molar-refractivity contribution in [2.45, 2.75) is 31.8 Å². The highest BCUT2D eigenvalue weighted by Crippen LogP contribution is 2.09. The maximum absolute atomic E-state index is 10.8. The van der Waals surface area contributed by atoms with Crippen LogP contribution in [-0.2, 0) is 10.0 Å². The van der Waals surface area contributed by atoms with Crippen LogP contribution in [0, 0.1) is 0 Å². The first-order chi connectivity index (χ1) is 5.47. The summed E-state index contributed by atoms with van der Waals surface area (Å²) in [4.78, 5) is 0. The molecule has 2 N–H and O–H groups in total. The minimum absolute atomic E-state index is 0.0396. The molecule has 2 unspecified atom stereocenters. The van der Waals surface area contributed by atoms with Crippen molar-refractivity contribution in [3.63, 3.8) is 0 Å². The second-order valence-electron chi connectivity index (χ2n) is 3.47. The zero-order valence-electron chi connectivity index (χ0n) is 7.50. The van der Waals surface area contributed by atoms with E-state index in [0.717, 1.165) is 19.4 Å². The first kappa shape index (κ1) is 9.95. The van der Waals surface area contributed by atoms with Gasteiger partial charge in [-0.05, 0) is 26.3 Å². The van der Waals surface area contributed by atoms with E-state index in [1.54, 1.807) is 0 Å². The average Bonchev–Trinajstić information content (AvgIpc) is 1.74. The van der Waals surface area contributed by atoms with E-state index in [1.807, 2.05) is 6.92 Å². The Morgan fingerprint density at radius 3 is 2.58 bits per heavy atom. The predicted octanol–water partition coefficient (Wildman–Crippen LogP) is -0.324. The van der Waals surface area contributed by atoms with Gasteiger partial charge in [0.1, 0.15) is 0 Å². The lowest BCUT2D eigenvalue weighted by molar-refractivity contribution is 0.327. The molecule has 0 saturated carbocycles. The molecule has 0 bridgehead atoms. The molecule has 1 rings (SSSR count). The van der Waals surface area contributed by atoms with Crippen molar-refractivity contribution >= 4 is 10.0 Å². The van der Waals surface area contributed by atoms with E-state index in [0.29, 0.717) is 6.04 Å². The lowest BCUT2D eigenvalue weighted by atomic mass is 10.0. The van der Waals surface area contributed by atoms with Gasteiger partial charge in [-0.1, -0.05) is 0 Å². The van der Waals surface area contributed by atoms with Gasteiger partial charge in [-0.3, -0.25) is 0 Å². The molecule has 0 aliphatic carbocycles. The zero-order valence-corrected chi connectivity index (χ0v) is 8.32. The number of hydrogen-bond donors (Lipinski definition) is 2. The molecule has 1 aliphatic rings. The summed E-state index contributed by atoms with van der Waals surface area (Å²) >= 11 is 0. The molecule has 12 heavy (non-hydrogen) atoms. The van der Waals surface area contributed by atoms with Crippen LogP contribution >= 0.6 is 0 Å². The second kappa shape index (κ2) is 3.72. The van der Waals surface area contributed by atoms with Crippen LogP contribution in [0.15, 0.2) is 0 Å². The maximum Gasteiger partial charge on any atom is 0.208 e. The van der Waals surface area contributed by atoms with Gasteiger partial charge in [0.05, 0.1) is 6.26 Å². The van der Waals surface area contributed by atoms with Gasteiger partial charge in [-0.25, -0.2) is 13.1 Å². The predicted molar refractivity (Wildman–Crippen MR) is 48.5 cm³/mol. The highest BCUT2D eigenvalue weighted by molar-refractivity contribution is 7.88. The minimum Gasteiger partial charge on any atom is -0.314 e. The molecule has 0 amide bonds. The molecule has 0 aromatic rings. The van der Waals surface area contributed by atoms with Crippen LogP contribution in [0.25, 0.3) is 0 Å². The summed E-state index contributed by atoms with van der Waals surface area (Å²) in [5, 5.41) is 3.23. The van der Waals surface area contributed by atoms with Crippen LogP contribution in [0.1, 0.15) is 19.8 Å². The topological polar surface area (TPSA) is 58.2 Å². The Kier molecular flexibility index (Phi) is 3.09. The lowest BCUT2D eigenvalue weighted by Crippen LogP contribution is -2.47. The van der Waals surface area contributed by atoms with Crippen LogP contribution in [-0.4, -0.2) is 33.3 Å². The normalized spacial score (nSPS) is 26.3. The van der Waals surface area contributed by atoms with E-state index < -0.39 is 10.0 Å². The average molecular weight is 192 g/mol. The smallest absolute Gasteiger partial charge is 0.208 e. The molecule has 4 nitrogen and oxygen atoms in total. The summed E-state index contributed by atoms with van der Waals surface area (Å²) in [6.07, 6.45) is 3.24. The summed E-state index contributed by atoms with van der Waals surface area (Å²) in [5.41, 5.74) is 0. The summed E-state index contributed by atoms with van der Waals surface area (Å²) in [6, 6.07) is 0.548. The molecule has 5 heteroatoms. The third-order valence-corrected chi connectivity index (χ3v) is 2.81. The fourth-order valence-electron chi connectivity index (χ4n) is 1.39. The summed E-state index contributed by atoms with van der Waals surface area (Å²) < 4.78 is 24.1. The van der Waals surface area contributed by atoms with Crippen molar-refractivity contribution in [3.8, 4) is 0 Å². The van der Waals surface area contributed by atoms with Crippen molar-refractivity contribution < 1.29 is 8.42 Å². The fourth-order valence-corrected chi connectivity index (χ4v) is 2.22. The Bertz CT molecular complexity index is 234. The van der Waals surface area contributed by atoms with Crippen molar-refractivity contribution in [1.29, 1.82) is 0 Å². The van der Waals surface area contributed by atoms with Gasteiger partial charge in [0.15, 0.2) is 0 Å². The molecular formula is C7H16N2O2S. The van der Waals surface area contributed by atoms with Crippen LogP contribution < -0.4 is 10.0 Å². The number of nitrogens with one attached hydrogen (secondary N) is 2. The Labute approximate surface area is 73.8 Å². The monoisotopic (exact) mass is 192 g/mol. The Morgan fingerprint density at radius 2 is 2.25 bits per heavy atom. The summed E-state index contributed by atoms with van der Waals surface area (Å²) in [7, 11) is -3.03. The van der Waals surface area contributed by atoms with Crippen molar-refractivity contribution in [1.82, 2.24) is 10.0 Å². The lowest BCUT2D eigenvalue weighted by Gasteiger charge is -2.29. The van der Waals surface area contributed by atoms with E-state index in [1.165, 1.54) is 6.26 Å². The van der Waals surface area contributed by atoms with Crippen molar-refractivity contribution in [2.75, 3.05) is 12.8 Å². The molecule has 1 saturated heterocycles. The highest BCUT2D eigenvalue weighted by Gasteiger charge is 2.20. The number of hydrogen-bond acceptors (Lipinski definition) is 3. The zero-order chi connectivity index (χ0) is 9.19. The Morgan fingerprint density at radius 1 is 1.67 bits per heavy atom. The number of sulfonamides is 1. The van der Waals surface area contributed by atoms with Gasteiger partial charge < -0.3 is 5.32 Å². The van der Waals surface area contributed by atoms with Gasteiger partial charge in [0.25, 0.3) is 0 Å². The van der Waals surface area contributed by atoms with Gasteiger partial charge in [0.2, 0.25) is 10.0 Å². The first-order valence-corrected chi connectivity index (χ1v) is 6.07. The molecule has 1 fully saturated rings. The summed E-state index contributed by atoms with van der Waals surface area (Å²) in [6.45, 7) is 2.96. The van der Waals surface area contributed by atoms with E-state index in [4.69, 9.17) is 0 Å². The third-order valence-electron chi connectivity index (χ3n) is 1.98. The highest BCUT2D eigenvalue weighted by atomic mass is 32.2.